The van der Waals surface area contributed by atoms with Crippen LogP contribution in [0.25, 0.3) is 0 Å². The van der Waals surface area contributed by atoms with E-state index in [-0.39, 0.29) is 24.2 Å². The molecule has 0 aromatic heterocycles. The zero-order valence-corrected chi connectivity index (χ0v) is 10.1. The van der Waals surface area contributed by atoms with Crippen LogP contribution in [0.4, 0.5) is 0 Å². The Morgan fingerprint density at radius 2 is 1.88 bits per heavy atom. The van der Waals surface area contributed by atoms with Gasteiger partial charge in [-0.3, -0.25) is 9.59 Å². The maximum absolute atomic E-state index is 11.7. The van der Waals surface area contributed by atoms with Crippen LogP contribution in [0.15, 0.2) is 0 Å². The van der Waals surface area contributed by atoms with Crippen molar-refractivity contribution in [1.29, 1.82) is 0 Å². The summed E-state index contributed by atoms with van der Waals surface area (Å²) < 4.78 is 4.50. The molecule has 92 valence electrons. The van der Waals surface area contributed by atoms with E-state index >= 15 is 0 Å². The summed E-state index contributed by atoms with van der Waals surface area (Å²) in [6.45, 7) is 2.61. The molecule has 0 unspecified atom stereocenters. The second-order valence-corrected chi connectivity index (χ2v) is 4.57. The van der Waals surface area contributed by atoms with Crippen LogP contribution in [0.3, 0.4) is 0 Å². The number of amides is 1. The van der Waals surface area contributed by atoms with Crippen molar-refractivity contribution in [3.8, 4) is 0 Å². The standard InChI is InChI=1S/C12H21NO3/c1-9-3-5-10(6-4-9)12(15)13-8-7-11(14)16-2/h9-10H,3-8H2,1-2H3,(H,13,15). The molecule has 0 spiro atoms. The minimum absolute atomic E-state index is 0.0933. The largest absolute Gasteiger partial charge is 0.469 e. The van der Waals surface area contributed by atoms with E-state index in [4.69, 9.17) is 0 Å². The van der Waals surface area contributed by atoms with Gasteiger partial charge in [0.05, 0.1) is 13.5 Å². The summed E-state index contributed by atoms with van der Waals surface area (Å²) in [5.41, 5.74) is 0. The van der Waals surface area contributed by atoms with Gasteiger partial charge in [0.15, 0.2) is 0 Å². The van der Waals surface area contributed by atoms with Gasteiger partial charge >= 0.3 is 5.97 Å². The van der Waals surface area contributed by atoms with E-state index in [2.05, 4.69) is 17.0 Å². The van der Waals surface area contributed by atoms with Gasteiger partial charge in [0.25, 0.3) is 0 Å². The molecule has 0 aromatic carbocycles. The first-order chi connectivity index (χ1) is 7.63. The van der Waals surface area contributed by atoms with Crippen LogP contribution >= 0.6 is 0 Å². The van der Waals surface area contributed by atoms with Crippen molar-refractivity contribution in [3.63, 3.8) is 0 Å². The van der Waals surface area contributed by atoms with Crippen molar-refractivity contribution >= 4 is 11.9 Å². The minimum atomic E-state index is -0.280. The number of esters is 1. The Morgan fingerprint density at radius 1 is 1.25 bits per heavy atom. The number of rotatable bonds is 4. The van der Waals surface area contributed by atoms with Gasteiger partial charge in [-0.1, -0.05) is 6.92 Å². The van der Waals surface area contributed by atoms with Gasteiger partial charge in [0.2, 0.25) is 5.91 Å². The molecule has 0 aromatic rings. The zero-order valence-electron chi connectivity index (χ0n) is 10.1. The average molecular weight is 227 g/mol. The number of hydrogen-bond acceptors (Lipinski definition) is 3. The first-order valence-corrected chi connectivity index (χ1v) is 5.98. The average Bonchev–Trinajstić information content (AvgIpc) is 2.29. The monoisotopic (exact) mass is 227 g/mol. The summed E-state index contributed by atoms with van der Waals surface area (Å²) in [5, 5.41) is 2.79. The normalized spacial score (nSPS) is 24.9. The molecule has 0 saturated heterocycles. The number of hydrogen-bond donors (Lipinski definition) is 1. The van der Waals surface area contributed by atoms with Crippen molar-refractivity contribution in [2.45, 2.75) is 39.0 Å². The first-order valence-electron chi connectivity index (χ1n) is 5.98. The topological polar surface area (TPSA) is 55.4 Å². The van der Waals surface area contributed by atoms with Crippen molar-refractivity contribution < 1.29 is 14.3 Å². The summed E-state index contributed by atoms with van der Waals surface area (Å²) in [4.78, 5) is 22.6. The molecule has 4 heteroatoms. The van der Waals surface area contributed by atoms with Crippen molar-refractivity contribution in [2.24, 2.45) is 11.8 Å². The third-order valence-electron chi connectivity index (χ3n) is 3.24. The molecule has 1 N–H and O–H groups in total. The smallest absolute Gasteiger partial charge is 0.307 e. The molecule has 0 bridgehead atoms. The highest BCUT2D eigenvalue weighted by molar-refractivity contribution is 5.79. The SMILES string of the molecule is COC(=O)CCNC(=O)C1CCC(C)CC1. The summed E-state index contributed by atoms with van der Waals surface area (Å²) in [7, 11) is 1.35. The van der Waals surface area contributed by atoms with Gasteiger partial charge in [-0.15, -0.1) is 0 Å². The quantitative estimate of drug-likeness (QED) is 0.740. The molecule has 0 heterocycles. The third-order valence-corrected chi connectivity index (χ3v) is 3.24. The van der Waals surface area contributed by atoms with Gasteiger partial charge in [0.1, 0.15) is 0 Å². The van der Waals surface area contributed by atoms with E-state index in [1.165, 1.54) is 7.11 Å². The Morgan fingerprint density at radius 3 is 2.44 bits per heavy atom. The van der Waals surface area contributed by atoms with E-state index in [1.807, 2.05) is 0 Å². The van der Waals surface area contributed by atoms with Crippen LogP contribution in [0.1, 0.15) is 39.0 Å². The molecular weight excluding hydrogens is 206 g/mol. The maximum Gasteiger partial charge on any atom is 0.307 e. The second-order valence-electron chi connectivity index (χ2n) is 4.57. The van der Waals surface area contributed by atoms with Crippen LogP contribution in [-0.4, -0.2) is 25.5 Å². The minimum Gasteiger partial charge on any atom is -0.469 e. The van der Waals surface area contributed by atoms with E-state index in [1.54, 1.807) is 0 Å². The van der Waals surface area contributed by atoms with Gasteiger partial charge in [-0.2, -0.15) is 0 Å². The molecule has 1 amide bonds. The molecule has 4 nitrogen and oxygen atoms in total. The van der Waals surface area contributed by atoms with Crippen LogP contribution in [0, 0.1) is 11.8 Å². The molecule has 0 radical (unpaired) electrons. The van der Waals surface area contributed by atoms with E-state index < -0.39 is 0 Å². The predicted molar refractivity (Wildman–Crippen MR) is 60.8 cm³/mol. The Balaban J connectivity index is 2.17. The molecule has 1 saturated carbocycles. The number of ether oxygens (including phenoxy) is 1. The molecule has 1 fully saturated rings. The van der Waals surface area contributed by atoms with Crippen molar-refractivity contribution in [1.82, 2.24) is 5.32 Å². The summed E-state index contributed by atoms with van der Waals surface area (Å²) in [6.07, 6.45) is 4.48. The summed E-state index contributed by atoms with van der Waals surface area (Å²) in [6, 6.07) is 0. The number of carbonyl (C=O) groups is 2. The molecule has 0 atom stereocenters. The summed E-state index contributed by atoms with van der Waals surface area (Å²) in [5.74, 6) is 0.710. The Bertz CT molecular complexity index is 245. The second kappa shape index (κ2) is 6.51. The van der Waals surface area contributed by atoms with Crippen molar-refractivity contribution in [3.05, 3.63) is 0 Å². The molecule has 1 aliphatic carbocycles. The van der Waals surface area contributed by atoms with Crippen LogP contribution in [0.5, 0.6) is 0 Å². The molecular formula is C12H21NO3. The zero-order chi connectivity index (χ0) is 12.0. The van der Waals surface area contributed by atoms with Gasteiger partial charge in [-0.25, -0.2) is 0 Å². The number of nitrogens with one attached hydrogen (secondary N) is 1. The third kappa shape index (κ3) is 4.21. The lowest BCUT2D eigenvalue weighted by atomic mass is 9.82. The first kappa shape index (κ1) is 13.0. The van der Waals surface area contributed by atoms with E-state index in [0.717, 1.165) is 31.6 Å². The lowest BCUT2D eigenvalue weighted by Gasteiger charge is -2.25. The lowest BCUT2D eigenvalue weighted by molar-refractivity contribution is -0.140. The van der Waals surface area contributed by atoms with E-state index in [9.17, 15) is 9.59 Å². The number of methoxy groups -OCH3 is 1. The summed E-state index contributed by atoms with van der Waals surface area (Å²) >= 11 is 0. The number of carbonyl (C=O) groups excluding carboxylic acids is 2. The predicted octanol–water partition coefficient (Wildman–Crippen LogP) is 1.49. The maximum atomic E-state index is 11.7. The Kier molecular flexibility index (Phi) is 5.29. The lowest BCUT2D eigenvalue weighted by Crippen LogP contribution is -2.34. The van der Waals surface area contributed by atoms with Gasteiger partial charge in [0, 0.05) is 12.5 Å². The van der Waals surface area contributed by atoms with Gasteiger partial charge < -0.3 is 10.1 Å². The Hall–Kier alpha value is -1.06. The van der Waals surface area contributed by atoms with Gasteiger partial charge in [-0.05, 0) is 31.6 Å². The van der Waals surface area contributed by atoms with Crippen LogP contribution in [0.2, 0.25) is 0 Å². The fourth-order valence-electron chi connectivity index (χ4n) is 2.06. The van der Waals surface area contributed by atoms with Crippen LogP contribution < -0.4 is 5.32 Å². The van der Waals surface area contributed by atoms with Crippen LogP contribution in [-0.2, 0) is 14.3 Å². The Labute approximate surface area is 96.7 Å². The molecule has 1 rings (SSSR count). The highest BCUT2D eigenvalue weighted by Gasteiger charge is 2.23. The molecule has 1 aliphatic rings. The van der Waals surface area contributed by atoms with Crippen molar-refractivity contribution in [2.75, 3.05) is 13.7 Å². The molecule has 16 heavy (non-hydrogen) atoms. The highest BCUT2D eigenvalue weighted by Crippen LogP contribution is 2.28. The highest BCUT2D eigenvalue weighted by atomic mass is 16.5. The fraction of sp³-hybridized carbons (Fsp3) is 0.833. The molecule has 0 aliphatic heterocycles. The fourth-order valence-corrected chi connectivity index (χ4v) is 2.06. The van der Waals surface area contributed by atoms with E-state index in [0.29, 0.717) is 6.54 Å².